The summed E-state index contributed by atoms with van der Waals surface area (Å²) in [6.45, 7) is 0.643. The normalized spacial score (nSPS) is 16.0. The van der Waals surface area contributed by atoms with Crippen LogP contribution in [0.25, 0.3) is 11.4 Å². The number of nitrogens with one attached hydrogen (secondary N) is 1. The molecule has 1 aromatic carbocycles. The molecule has 2 aromatic rings. The molecule has 0 radical (unpaired) electrons. The predicted molar refractivity (Wildman–Crippen MR) is 96.2 cm³/mol. The highest BCUT2D eigenvalue weighted by atomic mass is 35.5. The Bertz CT molecular complexity index is 800. The van der Waals surface area contributed by atoms with Crippen molar-refractivity contribution in [3.8, 4) is 11.4 Å². The van der Waals surface area contributed by atoms with E-state index in [4.69, 9.17) is 20.9 Å². The number of halogens is 1. The molecule has 1 fully saturated rings. The number of nitrogens with zero attached hydrogens (tertiary/aromatic N) is 2. The first-order chi connectivity index (χ1) is 13.0. The molecule has 1 aliphatic heterocycles. The maximum Gasteiger partial charge on any atom is 0.329 e. The largest absolute Gasteiger partial charge is 0.480 e. The molecule has 1 amide bonds. The lowest BCUT2D eigenvalue weighted by Crippen LogP contribution is -2.57. The SMILES string of the molecule is O=C(CCCc1nc(-c2ccc(Cl)cc2)no1)NC1(C(=O)O)CCOCC1. The Morgan fingerprint density at radius 2 is 1.93 bits per heavy atom. The summed E-state index contributed by atoms with van der Waals surface area (Å²) in [7, 11) is 0. The van der Waals surface area contributed by atoms with Crippen molar-refractivity contribution in [1.29, 1.82) is 0 Å². The Morgan fingerprint density at radius 3 is 2.59 bits per heavy atom. The average Bonchev–Trinajstić information content (AvgIpc) is 3.12. The van der Waals surface area contributed by atoms with Gasteiger partial charge in [-0.2, -0.15) is 4.98 Å². The van der Waals surface area contributed by atoms with Crippen LogP contribution in [0, 0.1) is 0 Å². The number of aliphatic carboxylic acids is 1. The number of rotatable bonds is 7. The van der Waals surface area contributed by atoms with Crippen molar-refractivity contribution in [3.05, 3.63) is 35.2 Å². The summed E-state index contributed by atoms with van der Waals surface area (Å²) in [6.07, 6.45) is 1.61. The topological polar surface area (TPSA) is 115 Å². The van der Waals surface area contributed by atoms with Crippen molar-refractivity contribution >= 4 is 23.5 Å². The summed E-state index contributed by atoms with van der Waals surface area (Å²) >= 11 is 5.86. The number of hydrogen-bond acceptors (Lipinski definition) is 6. The van der Waals surface area contributed by atoms with E-state index in [0.29, 0.717) is 42.8 Å². The van der Waals surface area contributed by atoms with Gasteiger partial charge in [-0.25, -0.2) is 4.79 Å². The van der Waals surface area contributed by atoms with Crippen molar-refractivity contribution in [3.63, 3.8) is 0 Å². The summed E-state index contributed by atoms with van der Waals surface area (Å²) in [5.74, 6) is -0.453. The number of benzene rings is 1. The monoisotopic (exact) mass is 393 g/mol. The second-order valence-corrected chi connectivity index (χ2v) is 6.86. The molecule has 1 aliphatic rings. The lowest BCUT2D eigenvalue weighted by molar-refractivity contribution is -0.152. The van der Waals surface area contributed by atoms with Crippen LogP contribution in [-0.4, -0.2) is 45.9 Å². The first-order valence-corrected chi connectivity index (χ1v) is 9.07. The zero-order valence-corrected chi connectivity index (χ0v) is 15.4. The zero-order valence-electron chi connectivity index (χ0n) is 14.6. The first kappa shape index (κ1) is 19.3. The number of aryl methyl sites for hydroxylation is 1. The minimum Gasteiger partial charge on any atom is -0.480 e. The minimum absolute atomic E-state index is 0.175. The van der Waals surface area contributed by atoms with E-state index in [1.165, 1.54) is 0 Å². The maximum atomic E-state index is 12.2. The third kappa shape index (κ3) is 4.84. The van der Waals surface area contributed by atoms with Gasteiger partial charge in [-0.15, -0.1) is 0 Å². The van der Waals surface area contributed by atoms with Gasteiger partial charge in [-0.05, 0) is 30.7 Å². The van der Waals surface area contributed by atoms with Gasteiger partial charge in [0.2, 0.25) is 17.6 Å². The third-order valence-corrected chi connectivity index (χ3v) is 4.75. The van der Waals surface area contributed by atoms with E-state index in [0.717, 1.165) is 5.56 Å². The van der Waals surface area contributed by atoms with E-state index in [-0.39, 0.29) is 25.2 Å². The summed E-state index contributed by atoms with van der Waals surface area (Å²) in [5, 5.41) is 16.7. The second-order valence-electron chi connectivity index (χ2n) is 6.42. The van der Waals surface area contributed by atoms with Gasteiger partial charge in [0.25, 0.3) is 0 Å². The van der Waals surface area contributed by atoms with Gasteiger partial charge in [0.15, 0.2) is 0 Å². The van der Waals surface area contributed by atoms with E-state index in [9.17, 15) is 14.7 Å². The second kappa shape index (κ2) is 8.49. The molecular formula is C18H20ClN3O5. The summed E-state index contributed by atoms with van der Waals surface area (Å²) < 4.78 is 10.4. The third-order valence-electron chi connectivity index (χ3n) is 4.50. The lowest BCUT2D eigenvalue weighted by atomic mass is 9.90. The van der Waals surface area contributed by atoms with Gasteiger partial charge in [0.05, 0.1) is 0 Å². The van der Waals surface area contributed by atoms with Crippen LogP contribution in [0.1, 0.15) is 31.6 Å². The Balaban J connectivity index is 1.50. The van der Waals surface area contributed by atoms with Crippen molar-refractivity contribution < 1.29 is 24.0 Å². The molecule has 0 unspecified atom stereocenters. The molecule has 0 atom stereocenters. The summed E-state index contributed by atoms with van der Waals surface area (Å²) in [5.41, 5.74) is -0.447. The molecule has 8 nitrogen and oxygen atoms in total. The smallest absolute Gasteiger partial charge is 0.329 e. The first-order valence-electron chi connectivity index (χ1n) is 8.69. The van der Waals surface area contributed by atoms with Gasteiger partial charge in [0.1, 0.15) is 5.54 Å². The van der Waals surface area contributed by atoms with Crippen LogP contribution in [0.5, 0.6) is 0 Å². The van der Waals surface area contributed by atoms with E-state index < -0.39 is 11.5 Å². The Labute approximate surface area is 160 Å². The fraction of sp³-hybridized carbons (Fsp3) is 0.444. The maximum absolute atomic E-state index is 12.2. The molecule has 2 heterocycles. The molecule has 1 saturated heterocycles. The summed E-state index contributed by atoms with van der Waals surface area (Å²) in [4.78, 5) is 28.0. The van der Waals surface area contributed by atoms with Gasteiger partial charge in [-0.1, -0.05) is 16.8 Å². The minimum atomic E-state index is -1.23. The van der Waals surface area contributed by atoms with Crippen LogP contribution in [0.4, 0.5) is 0 Å². The molecule has 27 heavy (non-hydrogen) atoms. The van der Waals surface area contributed by atoms with Crippen molar-refractivity contribution in [2.45, 2.75) is 37.6 Å². The molecule has 1 aromatic heterocycles. The Hall–Kier alpha value is -2.45. The molecule has 0 bridgehead atoms. The van der Waals surface area contributed by atoms with Gasteiger partial charge in [-0.3, -0.25) is 4.79 Å². The quantitative estimate of drug-likeness (QED) is 0.742. The zero-order chi connectivity index (χ0) is 19.3. The van der Waals surface area contributed by atoms with Crippen LogP contribution in [0.2, 0.25) is 5.02 Å². The van der Waals surface area contributed by atoms with Crippen LogP contribution in [-0.2, 0) is 20.7 Å². The molecule has 2 N–H and O–H groups in total. The van der Waals surface area contributed by atoms with Crippen LogP contribution >= 0.6 is 11.6 Å². The molecular weight excluding hydrogens is 374 g/mol. The van der Waals surface area contributed by atoms with E-state index in [1.54, 1.807) is 24.3 Å². The lowest BCUT2D eigenvalue weighted by Gasteiger charge is -2.33. The van der Waals surface area contributed by atoms with Crippen LogP contribution < -0.4 is 5.32 Å². The van der Waals surface area contributed by atoms with E-state index >= 15 is 0 Å². The number of carboxylic acid groups (broad SMARTS) is 1. The average molecular weight is 394 g/mol. The number of amides is 1. The van der Waals surface area contributed by atoms with E-state index in [2.05, 4.69) is 15.5 Å². The molecule has 144 valence electrons. The fourth-order valence-corrected chi connectivity index (χ4v) is 3.04. The van der Waals surface area contributed by atoms with Crippen LogP contribution in [0.15, 0.2) is 28.8 Å². The van der Waals surface area contributed by atoms with E-state index in [1.807, 2.05) is 0 Å². The number of carboxylic acids is 1. The number of ether oxygens (including phenoxy) is 1. The van der Waals surface area contributed by atoms with Gasteiger partial charge in [0, 0.05) is 49.5 Å². The van der Waals surface area contributed by atoms with Crippen LogP contribution in [0.3, 0.4) is 0 Å². The highest BCUT2D eigenvalue weighted by Crippen LogP contribution is 2.22. The van der Waals surface area contributed by atoms with Crippen molar-refractivity contribution in [2.75, 3.05) is 13.2 Å². The number of carbonyl (C=O) groups is 2. The highest BCUT2D eigenvalue weighted by Gasteiger charge is 2.41. The Kier molecular flexibility index (Phi) is 6.08. The van der Waals surface area contributed by atoms with Gasteiger partial charge >= 0.3 is 5.97 Å². The van der Waals surface area contributed by atoms with Gasteiger partial charge < -0.3 is 19.7 Å². The molecule has 3 rings (SSSR count). The number of aromatic nitrogens is 2. The number of carbonyl (C=O) groups excluding carboxylic acids is 1. The molecule has 9 heteroatoms. The predicted octanol–water partition coefficient (Wildman–Crippen LogP) is 2.46. The Morgan fingerprint density at radius 1 is 1.22 bits per heavy atom. The highest BCUT2D eigenvalue weighted by molar-refractivity contribution is 6.30. The van der Waals surface area contributed by atoms with Crippen molar-refractivity contribution in [2.24, 2.45) is 0 Å². The standard InChI is InChI=1S/C18H20ClN3O5/c19-13-6-4-12(5-7-13)16-20-15(27-22-16)3-1-2-14(23)21-18(17(24)25)8-10-26-11-9-18/h4-7H,1-3,8-11H2,(H,21,23)(H,24,25). The fourth-order valence-electron chi connectivity index (χ4n) is 2.91. The molecule has 0 spiro atoms. The van der Waals surface area contributed by atoms with Crippen molar-refractivity contribution in [1.82, 2.24) is 15.5 Å². The number of hydrogen-bond donors (Lipinski definition) is 2. The molecule has 0 saturated carbocycles. The summed E-state index contributed by atoms with van der Waals surface area (Å²) in [6, 6.07) is 7.07. The molecule has 0 aliphatic carbocycles.